The summed E-state index contributed by atoms with van der Waals surface area (Å²) in [6.45, 7) is 2.88. The maximum atomic E-state index is 13.4. The molecule has 13 heteroatoms. The van der Waals surface area contributed by atoms with Crippen LogP contribution in [-0.4, -0.2) is 53.7 Å². The Hall–Kier alpha value is -3.00. The van der Waals surface area contributed by atoms with Gasteiger partial charge in [0.1, 0.15) is 11.4 Å². The summed E-state index contributed by atoms with van der Waals surface area (Å²) in [7, 11) is 3.76. The zero-order valence-corrected chi connectivity index (χ0v) is 21.5. The van der Waals surface area contributed by atoms with Crippen LogP contribution in [0.5, 0.6) is 0 Å². The fourth-order valence-electron chi connectivity index (χ4n) is 4.45. The number of morpholine rings is 1. The summed E-state index contributed by atoms with van der Waals surface area (Å²) in [6, 6.07) is 10.1. The molecule has 0 spiro atoms. The molecule has 1 aromatic heterocycles. The van der Waals surface area contributed by atoms with E-state index in [4.69, 9.17) is 14.1 Å². The third-order valence-corrected chi connectivity index (χ3v) is 6.32. The lowest BCUT2D eigenvalue weighted by Crippen LogP contribution is -2.46. The van der Waals surface area contributed by atoms with E-state index in [-0.39, 0.29) is 18.2 Å². The van der Waals surface area contributed by atoms with Crippen molar-refractivity contribution in [1.29, 1.82) is 0 Å². The smallest absolute Gasteiger partial charge is 0.349 e. The van der Waals surface area contributed by atoms with Crippen molar-refractivity contribution in [3.05, 3.63) is 82.2 Å². The van der Waals surface area contributed by atoms with Crippen LogP contribution in [0, 0.1) is 0 Å². The maximum Gasteiger partial charge on any atom is 0.416 e. The van der Waals surface area contributed by atoms with Crippen LogP contribution in [0.15, 0.2) is 53.2 Å². The van der Waals surface area contributed by atoms with Gasteiger partial charge in [0.05, 0.1) is 29.9 Å². The largest absolute Gasteiger partial charge is 0.416 e. The van der Waals surface area contributed by atoms with Crippen LogP contribution in [0.2, 0.25) is 0 Å². The zero-order chi connectivity index (χ0) is 28.4. The molecular weight excluding hydrogens is 530 g/mol. The number of benzene rings is 2. The molecule has 0 N–H and O–H groups in total. The first-order chi connectivity index (χ1) is 18.3. The Balaban J connectivity index is 1.64. The van der Waals surface area contributed by atoms with Gasteiger partial charge in [-0.25, -0.2) is 4.63 Å². The van der Waals surface area contributed by atoms with Gasteiger partial charge in [0.15, 0.2) is 6.29 Å². The van der Waals surface area contributed by atoms with Crippen LogP contribution in [0.25, 0.3) is 0 Å². The molecule has 7 nitrogen and oxygen atoms in total. The molecule has 2 aromatic carbocycles. The molecule has 4 rings (SSSR count). The van der Waals surface area contributed by atoms with Gasteiger partial charge in [0, 0.05) is 19.6 Å². The lowest BCUT2D eigenvalue weighted by atomic mass is 10.0. The third kappa shape index (κ3) is 7.15. The normalized spacial score (nSPS) is 19.9. The molecule has 3 aromatic rings. The predicted octanol–water partition coefficient (Wildman–Crippen LogP) is 5.85. The second-order valence-corrected chi connectivity index (χ2v) is 9.58. The van der Waals surface area contributed by atoms with Crippen molar-refractivity contribution in [2.45, 2.75) is 50.8 Å². The molecule has 1 aliphatic heterocycles. The van der Waals surface area contributed by atoms with Gasteiger partial charge >= 0.3 is 12.4 Å². The topological polar surface area (TPSA) is 63.9 Å². The van der Waals surface area contributed by atoms with Crippen molar-refractivity contribution in [3.8, 4) is 0 Å². The molecule has 2 unspecified atom stereocenters. The van der Waals surface area contributed by atoms with Crippen LogP contribution in [-0.2, 0) is 34.9 Å². The number of nitrogens with zero attached hydrogens (tertiary/aromatic N) is 4. The van der Waals surface area contributed by atoms with Crippen molar-refractivity contribution in [2.75, 3.05) is 27.2 Å². The molecule has 39 heavy (non-hydrogen) atoms. The van der Waals surface area contributed by atoms with Crippen molar-refractivity contribution < 1.29 is 40.4 Å². The number of halogens is 6. The minimum atomic E-state index is -4.96. The average molecular weight is 559 g/mol. The van der Waals surface area contributed by atoms with Gasteiger partial charge in [-0.15, -0.1) is 0 Å². The van der Waals surface area contributed by atoms with Gasteiger partial charge in [-0.1, -0.05) is 40.6 Å². The van der Waals surface area contributed by atoms with Gasteiger partial charge in [-0.05, 0) is 50.3 Å². The molecule has 0 amide bonds. The SMILES string of the molecule is C[C@@H](OC1OCCN(Cc2nonc2CN(C)C)C1c1ccccc1)c1cc(C(F)(F)F)cc(C(F)(F)F)c1. The molecule has 3 atom stereocenters. The Kier molecular flexibility index (Phi) is 8.64. The Morgan fingerprint density at radius 2 is 1.59 bits per heavy atom. The molecule has 1 fully saturated rings. The molecule has 2 heterocycles. The maximum absolute atomic E-state index is 13.4. The first-order valence-electron chi connectivity index (χ1n) is 12.1. The van der Waals surface area contributed by atoms with E-state index in [0.717, 1.165) is 5.56 Å². The van der Waals surface area contributed by atoms with Crippen LogP contribution in [0.3, 0.4) is 0 Å². The number of ether oxygens (including phenoxy) is 2. The highest BCUT2D eigenvalue weighted by atomic mass is 19.4. The van der Waals surface area contributed by atoms with Gasteiger partial charge in [0.2, 0.25) is 0 Å². The lowest BCUT2D eigenvalue weighted by molar-refractivity contribution is -0.231. The Morgan fingerprint density at radius 1 is 0.974 bits per heavy atom. The summed E-state index contributed by atoms with van der Waals surface area (Å²) >= 11 is 0. The summed E-state index contributed by atoms with van der Waals surface area (Å²) in [5, 5.41) is 8.02. The van der Waals surface area contributed by atoms with E-state index in [0.29, 0.717) is 43.2 Å². The third-order valence-electron chi connectivity index (χ3n) is 6.32. The highest BCUT2D eigenvalue weighted by molar-refractivity contribution is 5.34. The summed E-state index contributed by atoms with van der Waals surface area (Å²) in [4.78, 5) is 3.93. The van der Waals surface area contributed by atoms with E-state index in [2.05, 4.69) is 10.3 Å². The number of hydrogen-bond donors (Lipinski definition) is 0. The molecule has 0 aliphatic carbocycles. The Bertz CT molecular complexity index is 1200. The molecule has 0 saturated carbocycles. The molecule has 212 valence electrons. The molecule has 0 radical (unpaired) electrons. The van der Waals surface area contributed by atoms with E-state index >= 15 is 0 Å². The highest BCUT2D eigenvalue weighted by Gasteiger charge is 2.39. The van der Waals surface area contributed by atoms with Crippen molar-refractivity contribution in [2.24, 2.45) is 0 Å². The van der Waals surface area contributed by atoms with Crippen molar-refractivity contribution in [3.63, 3.8) is 0 Å². The summed E-state index contributed by atoms with van der Waals surface area (Å²) < 4.78 is 97.5. The zero-order valence-electron chi connectivity index (χ0n) is 21.5. The Labute approximate surface area is 221 Å². The number of alkyl halides is 6. The average Bonchev–Trinajstić information content (AvgIpc) is 3.29. The number of rotatable bonds is 8. The van der Waals surface area contributed by atoms with Crippen LogP contribution >= 0.6 is 0 Å². The van der Waals surface area contributed by atoms with E-state index in [1.807, 2.05) is 54.2 Å². The number of aromatic nitrogens is 2. The number of hydrogen-bond acceptors (Lipinski definition) is 7. The molecule has 1 saturated heterocycles. The standard InChI is InChI=1S/C26H28F6N4O3/c1-16(18-11-19(25(27,28)29)13-20(12-18)26(30,31)32)38-24-23(17-7-5-4-6-8-17)36(9-10-37-24)15-22-21(14-35(2)3)33-39-34-22/h4-8,11-13,16,23-24H,9-10,14-15H2,1-3H3/t16-,23?,24?/m1/s1. The minimum Gasteiger partial charge on any atom is -0.349 e. The van der Waals surface area contributed by atoms with Gasteiger partial charge in [-0.2, -0.15) is 26.3 Å². The quantitative estimate of drug-likeness (QED) is 0.322. The molecule has 0 bridgehead atoms. The highest BCUT2D eigenvalue weighted by Crippen LogP contribution is 2.40. The summed E-state index contributed by atoms with van der Waals surface area (Å²) in [6.07, 6.45) is -12.1. The fourth-order valence-corrected chi connectivity index (χ4v) is 4.45. The van der Waals surface area contributed by atoms with Gasteiger partial charge in [0.25, 0.3) is 0 Å². The van der Waals surface area contributed by atoms with Crippen LogP contribution in [0.1, 0.15) is 52.7 Å². The second kappa shape index (κ2) is 11.6. The monoisotopic (exact) mass is 558 g/mol. The van der Waals surface area contributed by atoms with Crippen LogP contribution in [0.4, 0.5) is 26.3 Å². The predicted molar refractivity (Wildman–Crippen MR) is 127 cm³/mol. The van der Waals surface area contributed by atoms with Gasteiger partial charge in [-0.3, -0.25) is 4.90 Å². The van der Waals surface area contributed by atoms with E-state index < -0.39 is 41.9 Å². The van der Waals surface area contributed by atoms with Crippen molar-refractivity contribution >= 4 is 0 Å². The molecule has 1 aliphatic rings. The van der Waals surface area contributed by atoms with Crippen molar-refractivity contribution in [1.82, 2.24) is 20.1 Å². The van der Waals surface area contributed by atoms with E-state index in [9.17, 15) is 26.3 Å². The Morgan fingerprint density at radius 3 is 2.18 bits per heavy atom. The minimum absolute atomic E-state index is 0.0963. The fraction of sp³-hybridized carbons (Fsp3) is 0.462. The first-order valence-corrected chi connectivity index (χ1v) is 12.1. The first kappa shape index (κ1) is 29.0. The molecular formula is C26H28F6N4O3. The lowest BCUT2D eigenvalue weighted by Gasteiger charge is -2.41. The second-order valence-electron chi connectivity index (χ2n) is 9.58. The van der Waals surface area contributed by atoms with Gasteiger partial charge < -0.3 is 14.4 Å². The van der Waals surface area contributed by atoms with E-state index in [1.54, 1.807) is 0 Å². The van der Waals surface area contributed by atoms with E-state index in [1.165, 1.54) is 6.92 Å². The van der Waals surface area contributed by atoms with Crippen LogP contribution < -0.4 is 0 Å². The summed E-state index contributed by atoms with van der Waals surface area (Å²) in [5.74, 6) is 0. The summed E-state index contributed by atoms with van der Waals surface area (Å²) in [5.41, 5.74) is -1.03.